The quantitative estimate of drug-likeness (QED) is 0.833. The van der Waals surface area contributed by atoms with E-state index in [1.807, 2.05) is 19.1 Å². The van der Waals surface area contributed by atoms with Crippen LogP contribution in [0.4, 0.5) is 9.18 Å². The first kappa shape index (κ1) is 19.9. The zero-order chi connectivity index (χ0) is 20.1. The van der Waals surface area contributed by atoms with Gasteiger partial charge in [0.05, 0.1) is 0 Å². The van der Waals surface area contributed by atoms with Crippen molar-refractivity contribution in [2.45, 2.75) is 44.7 Å². The van der Waals surface area contributed by atoms with Crippen LogP contribution in [-0.2, 0) is 4.79 Å². The minimum atomic E-state index is -0.415. The van der Waals surface area contributed by atoms with Gasteiger partial charge in [0.25, 0.3) is 0 Å². The Morgan fingerprint density at radius 2 is 1.68 bits per heavy atom. The van der Waals surface area contributed by atoms with Gasteiger partial charge in [-0.3, -0.25) is 4.79 Å². The largest absolute Gasteiger partial charge is 0.415 e. The van der Waals surface area contributed by atoms with E-state index in [2.05, 4.69) is 5.32 Å². The average molecular weight is 384 g/mol. The van der Waals surface area contributed by atoms with Crippen LogP contribution < -0.4 is 10.1 Å². The molecule has 3 rings (SSSR count). The Morgan fingerprint density at radius 3 is 2.29 bits per heavy atom. The molecule has 1 saturated carbocycles. The van der Waals surface area contributed by atoms with Gasteiger partial charge in [-0.25, -0.2) is 9.18 Å². The van der Waals surface area contributed by atoms with Gasteiger partial charge in [-0.05, 0) is 54.7 Å². The fourth-order valence-electron chi connectivity index (χ4n) is 3.45. The molecule has 28 heavy (non-hydrogen) atoms. The second-order valence-electron chi connectivity index (χ2n) is 7.10. The summed E-state index contributed by atoms with van der Waals surface area (Å²) in [4.78, 5) is 25.6. The first-order valence-corrected chi connectivity index (χ1v) is 9.56. The monoisotopic (exact) mass is 384 g/mol. The van der Waals surface area contributed by atoms with Crippen LogP contribution >= 0.6 is 0 Å². The zero-order valence-corrected chi connectivity index (χ0v) is 16.2. The molecule has 2 aromatic rings. The zero-order valence-electron chi connectivity index (χ0n) is 16.2. The Labute approximate surface area is 164 Å². The number of hydrogen-bond donors (Lipinski definition) is 1. The Balaban J connectivity index is 1.55. The van der Waals surface area contributed by atoms with Crippen LogP contribution in [0.15, 0.2) is 48.5 Å². The molecule has 1 aliphatic carbocycles. The van der Waals surface area contributed by atoms with Crippen molar-refractivity contribution in [2.75, 3.05) is 7.05 Å². The Kier molecular flexibility index (Phi) is 6.29. The lowest BCUT2D eigenvalue weighted by molar-refractivity contribution is -0.121. The summed E-state index contributed by atoms with van der Waals surface area (Å²) < 4.78 is 18.5. The molecule has 0 saturated heterocycles. The molecule has 0 radical (unpaired) electrons. The summed E-state index contributed by atoms with van der Waals surface area (Å²) in [5.74, 6) is 0.217. The third kappa shape index (κ3) is 4.88. The van der Waals surface area contributed by atoms with Crippen molar-refractivity contribution in [3.8, 4) is 16.9 Å². The first-order chi connectivity index (χ1) is 13.5. The standard InChI is InChI=1S/C22H25FN2O3/c1-3-21(26)24-18-10-11-19(14-18)25(2)22(27)28-20-12-6-16(7-13-20)15-4-8-17(23)9-5-15/h4-9,12-13,18-19H,3,10-11,14H2,1-2H3,(H,24,26)/t18-,19+/m0/s1. The van der Waals surface area contributed by atoms with Crippen molar-refractivity contribution in [3.63, 3.8) is 0 Å². The number of hydrogen-bond acceptors (Lipinski definition) is 3. The van der Waals surface area contributed by atoms with Gasteiger partial charge in [0.1, 0.15) is 11.6 Å². The molecule has 2 aromatic carbocycles. The van der Waals surface area contributed by atoms with Crippen LogP contribution in [0.2, 0.25) is 0 Å². The number of nitrogens with zero attached hydrogens (tertiary/aromatic N) is 1. The van der Waals surface area contributed by atoms with Gasteiger partial charge in [0.2, 0.25) is 5.91 Å². The van der Waals surface area contributed by atoms with Crippen LogP contribution in [0.3, 0.4) is 0 Å². The third-order valence-corrected chi connectivity index (χ3v) is 5.16. The summed E-state index contributed by atoms with van der Waals surface area (Å²) in [7, 11) is 1.73. The smallest absolute Gasteiger partial charge is 0.410 e. The van der Waals surface area contributed by atoms with Gasteiger partial charge in [0, 0.05) is 25.6 Å². The number of rotatable bonds is 5. The maximum Gasteiger partial charge on any atom is 0.415 e. The van der Waals surface area contributed by atoms with E-state index in [0.29, 0.717) is 12.2 Å². The van der Waals surface area contributed by atoms with E-state index in [9.17, 15) is 14.0 Å². The molecule has 0 bridgehead atoms. The fourth-order valence-corrected chi connectivity index (χ4v) is 3.45. The van der Waals surface area contributed by atoms with Gasteiger partial charge >= 0.3 is 6.09 Å². The summed E-state index contributed by atoms with van der Waals surface area (Å²) >= 11 is 0. The van der Waals surface area contributed by atoms with E-state index in [1.54, 1.807) is 36.2 Å². The molecule has 1 fully saturated rings. The summed E-state index contributed by atoms with van der Waals surface area (Å²) in [5.41, 5.74) is 1.81. The summed E-state index contributed by atoms with van der Waals surface area (Å²) in [6.45, 7) is 1.83. The molecule has 2 atom stereocenters. The Morgan fingerprint density at radius 1 is 1.07 bits per heavy atom. The lowest BCUT2D eigenvalue weighted by Crippen LogP contribution is -2.39. The van der Waals surface area contributed by atoms with E-state index >= 15 is 0 Å². The molecule has 0 aromatic heterocycles. The molecule has 5 nitrogen and oxygen atoms in total. The van der Waals surface area contributed by atoms with Crippen molar-refractivity contribution in [1.82, 2.24) is 10.2 Å². The van der Waals surface area contributed by atoms with Gasteiger partial charge in [-0.15, -0.1) is 0 Å². The van der Waals surface area contributed by atoms with Crippen LogP contribution in [0.5, 0.6) is 5.75 Å². The highest BCUT2D eigenvalue weighted by Gasteiger charge is 2.31. The van der Waals surface area contributed by atoms with E-state index in [0.717, 1.165) is 30.4 Å². The molecule has 148 valence electrons. The highest BCUT2D eigenvalue weighted by atomic mass is 19.1. The number of halogens is 1. The lowest BCUT2D eigenvalue weighted by atomic mass is 10.1. The minimum Gasteiger partial charge on any atom is -0.410 e. The van der Waals surface area contributed by atoms with Crippen molar-refractivity contribution in [3.05, 3.63) is 54.3 Å². The molecule has 1 N–H and O–H groups in total. The maximum absolute atomic E-state index is 13.0. The predicted molar refractivity (Wildman–Crippen MR) is 105 cm³/mol. The molecule has 0 spiro atoms. The summed E-state index contributed by atoms with van der Waals surface area (Å²) in [5, 5.41) is 2.99. The maximum atomic E-state index is 13.0. The van der Waals surface area contributed by atoms with Crippen molar-refractivity contribution < 1.29 is 18.7 Å². The summed E-state index contributed by atoms with van der Waals surface area (Å²) in [6, 6.07) is 13.5. The minimum absolute atomic E-state index is 0.0390. The molecular weight excluding hydrogens is 359 g/mol. The van der Waals surface area contributed by atoms with Crippen molar-refractivity contribution in [1.29, 1.82) is 0 Å². The third-order valence-electron chi connectivity index (χ3n) is 5.16. The van der Waals surface area contributed by atoms with E-state index < -0.39 is 6.09 Å². The van der Waals surface area contributed by atoms with Gasteiger partial charge < -0.3 is 15.0 Å². The first-order valence-electron chi connectivity index (χ1n) is 9.56. The van der Waals surface area contributed by atoms with E-state index in [1.165, 1.54) is 12.1 Å². The highest BCUT2D eigenvalue weighted by molar-refractivity contribution is 5.76. The van der Waals surface area contributed by atoms with Crippen LogP contribution in [-0.4, -0.2) is 36.0 Å². The molecule has 2 amide bonds. The van der Waals surface area contributed by atoms with Crippen LogP contribution in [0.1, 0.15) is 32.6 Å². The summed E-state index contributed by atoms with van der Waals surface area (Å²) in [6.07, 6.45) is 2.49. The van der Waals surface area contributed by atoms with E-state index in [4.69, 9.17) is 4.74 Å². The van der Waals surface area contributed by atoms with Gasteiger partial charge in [-0.2, -0.15) is 0 Å². The average Bonchev–Trinajstić information content (AvgIpc) is 3.17. The van der Waals surface area contributed by atoms with Crippen LogP contribution in [0, 0.1) is 5.82 Å². The lowest BCUT2D eigenvalue weighted by Gasteiger charge is -2.24. The van der Waals surface area contributed by atoms with E-state index in [-0.39, 0.29) is 23.8 Å². The number of nitrogens with one attached hydrogen (secondary N) is 1. The fraction of sp³-hybridized carbons (Fsp3) is 0.364. The molecule has 6 heteroatoms. The number of amides is 2. The highest BCUT2D eigenvalue weighted by Crippen LogP contribution is 2.26. The van der Waals surface area contributed by atoms with Gasteiger partial charge in [0.15, 0.2) is 0 Å². The second kappa shape index (κ2) is 8.87. The number of ether oxygens (including phenoxy) is 1. The predicted octanol–water partition coefficient (Wildman–Crippen LogP) is 4.37. The molecular formula is C22H25FN2O3. The SMILES string of the molecule is CCC(=O)N[C@H]1CC[C@@H](N(C)C(=O)Oc2ccc(-c3ccc(F)cc3)cc2)C1. The van der Waals surface area contributed by atoms with Crippen molar-refractivity contribution in [2.24, 2.45) is 0 Å². The molecule has 0 unspecified atom stereocenters. The molecule has 0 aliphatic heterocycles. The number of carbonyl (C=O) groups is 2. The molecule has 1 aliphatic rings. The number of benzene rings is 2. The molecule has 0 heterocycles. The van der Waals surface area contributed by atoms with Crippen LogP contribution in [0.25, 0.3) is 11.1 Å². The Bertz CT molecular complexity index is 821. The Hall–Kier alpha value is -2.89. The number of carbonyl (C=O) groups excluding carboxylic acids is 2. The van der Waals surface area contributed by atoms with Gasteiger partial charge in [-0.1, -0.05) is 31.2 Å². The topological polar surface area (TPSA) is 58.6 Å². The van der Waals surface area contributed by atoms with Crippen molar-refractivity contribution >= 4 is 12.0 Å². The second-order valence-corrected chi connectivity index (χ2v) is 7.10. The normalized spacial score (nSPS) is 18.5.